The fourth-order valence-electron chi connectivity index (χ4n) is 2.97. The molecular formula is C22H21NO3. The summed E-state index contributed by atoms with van der Waals surface area (Å²) in [6, 6.07) is 19.1. The minimum atomic E-state index is -1.05. The predicted molar refractivity (Wildman–Crippen MR) is 104 cm³/mol. The van der Waals surface area contributed by atoms with E-state index >= 15 is 0 Å². The van der Waals surface area contributed by atoms with Gasteiger partial charge in [-0.1, -0.05) is 55.5 Å². The number of hydrogen-bond donors (Lipinski definition) is 2. The van der Waals surface area contributed by atoms with Gasteiger partial charge in [0.05, 0.1) is 11.3 Å². The molecule has 132 valence electrons. The maximum Gasteiger partial charge on any atom is 0.337 e. The molecule has 0 aromatic heterocycles. The first-order valence-corrected chi connectivity index (χ1v) is 8.70. The largest absolute Gasteiger partial charge is 0.478 e. The number of nitrogens with one attached hydrogen (secondary N) is 1. The number of anilines is 1. The Kier molecular flexibility index (Phi) is 5.32. The zero-order valence-electron chi connectivity index (χ0n) is 14.7. The van der Waals surface area contributed by atoms with Crippen molar-refractivity contribution in [2.45, 2.75) is 26.2 Å². The van der Waals surface area contributed by atoms with Gasteiger partial charge in [0.2, 0.25) is 5.91 Å². The molecule has 0 spiro atoms. The monoisotopic (exact) mass is 347 g/mol. The fourth-order valence-corrected chi connectivity index (χ4v) is 2.97. The maximum absolute atomic E-state index is 12.2. The van der Waals surface area contributed by atoms with Crippen LogP contribution < -0.4 is 5.32 Å². The van der Waals surface area contributed by atoms with Crippen LogP contribution in [0.4, 0.5) is 5.69 Å². The van der Waals surface area contributed by atoms with Crippen molar-refractivity contribution in [2.24, 2.45) is 0 Å². The van der Waals surface area contributed by atoms with Crippen LogP contribution in [-0.2, 0) is 17.6 Å². The van der Waals surface area contributed by atoms with E-state index < -0.39 is 5.97 Å². The number of benzene rings is 3. The smallest absolute Gasteiger partial charge is 0.337 e. The molecular weight excluding hydrogens is 326 g/mol. The SMILES string of the molecule is CCc1ccc2cc(CCC(=O)Nc3ccccc3C(=O)O)ccc2c1. The van der Waals surface area contributed by atoms with Gasteiger partial charge in [0.25, 0.3) is 0 Å². The number of carbonyl (C=O) groups is 2. The van der Waals surface area contributed by atoms with Crippen LogP contribution >= 0.6 is 0 Å². The number of para-hydroxylation sites is 1. The summed E-state index contributed by atoms with van der Waals surface area (Å²) in [6.07, 6.45) is 1.91. The van der Waals surface area contributed by atoms with Gasteiger partial charge in [-0.2, -0.15) is 0 Å². The van der Waals surface area contributed by atoms with E-state index in [0.29, 0.717) is 18.5 Å². The third-order valence-electron chi connectivity index (χ3n) is 4.45. The normalized spacial score (nSPS) is 10.7. The molecule has 0 radical (unpaired) electrons. The molecule has 0 unspecified atom stereocenters. The number of hydrogen-bond acceptors (Lipinski definition) is 2. The van der Waals surface area contributed by atoms with E-state index in [-0.39, 0.29) is 11.5 Å². The van der Waals surface area contributed by atoms with Crippen molar-refractivity contribution >= 4 is 28.3 Å². The van der Waals surface area contributed by atoms with Gasteiger partial charge in [-0.25, -0.2) is 4.79 Å². The highest BCUT2D eigenvalue weighted by Crippen LogP contribution is 2.20. The van der Waals surface area contributed by atoms with Crippen LogP contribution in [0.15, 0.2) is 60.7 Å². The second kappa shape index (κ2) is 7.83. The molecule has 0 heterocycles. The van der Waals surface area contributed by atoms with Crippen LogP contribution in [0.1, 0.15) is 34.8 Å². The molecule has 0 aliphatic heterocycles. The van der Waals surface area contributed by atoms with Crippen LogP contribution in [0.5, 0.6) is 0 Å². The van der Waals surface area contributed by atoms with Crippen molar-refractivity contribution in [2.75, 3.05) is 5.32 Å². The maximum atomic E-state index is 12.2. The van der Waals surface area contributed by atoms with Gasteiger partial charge >= 0.3 is 5.97 Å². The predicted octanol–water partition coefficient (Wildman–Crippen LogP) is 4.67. The summed E-state index contributed by atoms with van der Waals surface area (Å²) in [6.45, 7) is 2.14. The Morgan fingerprint density at radius 3 is 2.27 bits per heavy atom. The molecule has 0 saturated carbocycles. The van der Waals surface area contributed by atoms with Gasteiger partial charge in [0, 0.05) is 6.42 Å². The van der Waals surface area contributed by atoms with E-state index in [9.17, 15) is 14.7 Å². The summed E-state index contributed by atoms with van der Waals surface area (Å²) in [5.41, 5.74) is 2.82. The van der Waals surface area contributed by atoms with Crippen LogP contribution in [0.25, 0.3) is 10.8 Å². The van der Waals surface area contributed by atoms with Gasteiger partial charge in [0.15, 0.2) is 0 Å². The molecule has 3 rings (SSSR count). The summed E-state index contributed by atoms with van der Waals surface area (Å²) in [7, 11) is 0. The molecule has 0 fully saturated rings. The molecule has 4 heteroatoms. The minimum absolute atomic E-state index is 0.0956. The summed E-state index contributed by atoms with van der Waals surface area (Å²) >= 11 is 0. The third-order valence-corrected chi connectivity index (χ3v) is 4.45. The van der Waals surface area contributed by atoms with Gasteiger partial charge in [-0.05, 0) is 46.9 Å². The molecule has 3 aromatic rings. The van der Waals surface area contributed by atoms with Crippen molar-refractivity contribution in [1.82, 2.24) is 0 Å². The number of aromatic carboxylic acids is 1. The number of aryl methyl sites for hydroxylation is 2. The molecule has 4 nitrogen and oxygen atoms in total. The Bertz CT molecular complexity index is 963. The van der Waals surface area contributed by atoms with E-state index in [1.54, 1.807) is 18.2 Å². The molecule has 26 heavy (non-hydrogen) atoms. The Labute approximate surface area is 152 Å². The first-order valence-electron chi connectivity index (χ1n) is 8.70. The quantitative estimate of drug-likeness (QED) is 0.681. The number of carboxylic acids is 1. The molecule has 1 amide bonds. The van der Waals surface area contributed by atoms with Crippen molar-refractivity contribution in [3.63, 3.8) is 0 Å². The van der Waals surface area contributed by atoms with Gasteiger partial charge in [-0.15, -0.1) is 0 Å². The minimum Gasteiger partial charge on any atom is -0.478 e. The highest BCUT2D eigenvalue weighted by Gasteiger charge is 2.11. The Morgan fingerprint density at radius 1 is 0.923 bits per heavy atom. The molecule has 0 saturated heterocycles. The molecule has 3 aromatic carbocycles. The van der Waals surface area contributed by atoms with Gasteiger partial charge < -0.3 is 10.4 Å². The number of carbonyl (C=O) groups excluding carboxylic acids is 1. The Hall–Kier alpha value is -3.14. The molecule has 0 atom stereocenters. The lowest BCUT2D eigenvalue weighted by atomic mass is 10.0. The number of fused-ring (bicyclic) bond motifs is 1. The van der Waals surface area contributed by atoms with Gasteiger partial charge in [0.1, 0.15) is 0 Å². The van der Waals surface area contributed by atoms with E-state index in [1.807, 2.05) is 6.07 Å². The third kappa shape index (κ3) is 4.09. The number of amides is 1. The lowest BCUT2D eigenvalue weighted by Gasteiger charge is -2.09. The van der Waals surface area contributed by atoms with E-state index in [2.05, 4.69) is 42.6 Å². The number of rotatable bonds is 6. The highest BCUT2D eigenvalue weighted by atomic mass is 16.4. The topological polar surface area (TPSA) is 66.4 Å². The summed E-state index contributed by atoms with van der Waals surface area (Å²) in [5.74, 6) is -1.25. The van der Waals surface area contributed by atoms with Crippen molar-refractivity contribution < 1.29 is 14.7 Å². The average molecular weight is 347 g/mol. The Balaban J connectivity index is 1.66. The average Bonchev–Trinajstić information content (AvgIpc) is 2.66. The molecule has 0 bridgehead atoms. The second-order valence-corrected chi connectivity index (χ2v) is 6.27. The summed E-state index contributed by atoms with van der Waals surface area (Å²) in [5, 5.41) is 14.2. The molecule has 0 aliphatic rings. The lowest BCUT2D eigenvalue weighted by Crippen LogP contribution is -2.15. The number of carboxylic acid groups (broad SMARTS) is 1. The zero-order chi connectivity index (χ0) is 18.5. The van der Waals surface area contributed by atoms with Crippen molar-refractivity contribution in [3.05, 3.63) is 77.4 Å². The second-order valence-electron chi connectivity index (χ2n) is 6.27. The van der Waals surface area contributed by atoms with Crippen LogP contribution in [0.3, 0.4) is 0 Å². The standard InChI is InChI=1S/C22H21NO3/c1-2-15-7-10-18-14-16(8-11-17(18)13-15)9-12-21(24)23-20-6-4-3-5-19(20)22(25)26/h3-8,10-11,13-14H,2,9,12H2,1H3,(H,23,24)(H,25,26). The van der Waals surface area contributed by atoms with E-state index in [4.69, 9.17) is 0 Å². The van der Waals surface area contributed by atoms with E-state index in [0.717, 1.165) is 17.4 Å². The summed E-state index contributed by atoms with van der Waals surface area (Å²) < 4.78 is 0. The Morgan fingerprint density at radius 2 is 1.58 bits per heavy atom. The summed E-state index contributed by atoms with van der Waals surface area (Å²) in [4.78, 5) is 23.4. The van der Waals surface area contributed by atoms with Gasteiger partial charge in [-0.3, -0.25) is 4.79 Å². The zero-order valence-corrected chi connectivity index (χ0v) is 14.7. The first-order chi connectivity index (χ1) is 12.6. The van der Waals surface area contributed by atoms with Crippen molar-refractivity contribution in [1.29, 1.82) is 0 Å². The van der Waals surface area contributed by atoms with E-state index in [1.165, 1.54) is 17.0 Å². The fraction of sp³-hybridized carbons (Fsp3) is 0.182. The highest BCUT2D eigenvalue weighted by molar-refractivity contribution is 6.00. The van der Waals surface area contributed by atoms with Crippen molar-refractivity contribution in [3.8, 4) is 0 Å². The van der Waals surface area contributed by atoms with Crippen LogP contribution in [0, 0.1) is 0 Å². The van der Waals surface area contributed by atoms with Crippen LogP contribution in [0.2, 0.25) is 0 Å². The van der Waals surface area contributed by atoms with Crippen LogP contribution in [-0.4, -0.2) is 17.0 Å². The molecule has 2 N–H and O–H groups in total. The molecule has 0 aliphatic carbocycles. The first kappa shape index (κ1) is 17.7. The lowest BCUT2D eigenvalue weighted by molar-refractivity contribution is -0.116.